The van der Waals surface area contributed by atoms with Crippen LogP contribution in [-0.2, 0) is 10.2 Å². The normalized spacial score (nSPS) is 14.8. The van der Waals surface area contributed by atoms with Gasteiger partial charge in [-0.15, -0.1) is 0 Å². The van der Waals surface area contributed by atoms with E-state index < -0.39 is 5.41 Å². The molecule has 3 rings (SSSR count). The number of benzene rings is 2. The fourth-order valence-electron chi connectivity index (χ4n) is 2.76. The Morgan fingerprint density at radius 1 is 1.08 bits per heavy atom. The largest absolute Gasteiger partial charge is 0.495 e. The quantitative estimate of drug-likeness (QED) is 0.836. The third-order valence-corrected chi connectivity index (χ3v) is 4.81. The lowest BCUT2D eigenvalue weighted by Gasteiger charge is -2.18. The monoisotopic (exact) mass is 365 g/mol. The number of nitrogens with one attached hydrogen (secondary N) is 1. The van der Waals surface area contributed by atoms with E-state index in [9.17, 15) is 4.79 Å². The molecule has 1 saturated carbocycles. The maximum atomic E-state index is 12.9. The Labute approximate surface area is 150 Å². The van der Waals surface area contributed by atoms with E-state index in [2.05, 4.69) is 5.32 Å². The standard InChI is InChI=1S/C18H17Cl2NO3/c1-23-15-10-14(16(24-2)9-13(15)20)21-17(22)18(6-7-18)11-4-3-5-12(19)8-11/h3-5,8-10H,6-7H2,1-2H3,(H,21,22). The summed E-state index contributed by atoms with van der Waals surface area (Å²) in [7, 11) is 3.05. The van der Waals surface area contributed by atoms with E-state index >= 15 is 0 Å². The van der Waals surface area contributed by atoms with E-state index in [1.807, 2.05) is 18.2 Å². The van der Waals surface area contributed by atoms with Crippen LogP contribution in [0.25, 0.3) is 0 Å². The summed E-state index contributed by atoms with van der Waals surface area (Å²) in [6, 6.07) is 10.7. The van der Waals surface area contributed by atoms with E-state index in [0.717, 1.165) is 18.4 Å². The highest BCUT2D eigenvalue weighted by molar-refractivity contribution is 6.32. The number of rotatable bonds is 5. The zero-order valence-electron chi connectivity index (χ0n) is 13.4. The zero-order valence-corrected chi connectivity index (χ0v) is 14.9. The molecule has 126 valence electrons. The van der Waals surface area contributed by atoms with Gasteiger partial charge in [0.25, 0.3) is 0 Å². The van der Waals surface area contributed by atoms with E-state index in [1.54, 1.807) is 18.2 Å². The van der Waals surface area contributed by atoms with Crippen LogP contribution < -0.4 is 14.8 Å². The van der Waals surface area contributed by atoms with Gasteiger partial charge >= 0.3 is 0 Å². The molecular weight excluding hydrogens is 349 g/mol. The molecular formula is C18H17Cl2NO3. The van der Waals surface area contributed by atoms with Gasteiger partial charge in [0.15, 0.2) is 0 Å². The molecule has 2 aromatic rings. The van der Waals surface area contributed by atoms with Crippen molar-refractivity contribution in [2.75, 3.05) is 19.5 Å². The fraction of sp³-hybridized carbons (Fsp3) is 0.278. The molecule has 0 aromatic heterocycles. The molecule has 1 amide bonds. The number of anilines is 1. The maximum Gasteiger partial charge on any atom is 0.235 e. The Bertz CT molecular complexity index is 788. The Balaban J connectivity index is 1.90. The molecule has 0 aliphatic heterocycles. The summed E-state index contributed by atoms with van der Waals surface area (Å²) in [6.07, 6.45) is 1.57. The van der Waals surface area contributed by atoms with E-state index in [0.29, 0.717) is 27.2 Å². The van der Waals surface area contributed by atoms with Crippen molar-refractivity contribution in [3.05, 3.63) is 52.0 Å². The molecule has 0 radical (unpaired) electrons. The van der Waals surface area contributed by atoms with Gasteiger partial charge in [-0.3, -0.25) is 4.79 Å². The lowest BCUT2D eigenvalue weighted by atomic mass is 9.95. The van der Waals surface area contributed by atoms with Gasteiger partial charge in [0, 0.05) is 17.2 Å². The highest BCUT2D eigenvalue weighted by atomic mass is 35.5. The number of ether oxygens (including phenoxy) is 2. The van der Waals surface area contributed by atoms with Crippen molar-refractivity contribution in [3.63, 3.8) is 0 Å². The molecule has 0 saturated heterocycles. The average molecular weight is 366 g/mol. The van der Waals surface area contributed by atoms with E-state index in [4.69, 9.17) is 32.7 Å². The molecule has 2 aromatic carbocycles. The Morgan fingerprint density at radius 2 is 1.79 bits per heavy atom. The van der Waals surface area contributed by atoms with Gasteiger partial charge in [0.1, 0.15) is 11.5 Å². The number of halogens is 2. The third-order valence-electron chi connectivity index (χ3n) is 4.28. The minimum atomic E-state index is -0.539. The first-order chi connectivity index (χ1) is 11.5. The van der Waals surface area contributed by atoms with Crippen molar-refractivity contribution in [1.82, 2.24) is 0 Å². The molecule has 6 heteroatoms. The van der Waals surface area contributed by atoms with Crippen LogP contribution in [0.3, 0.4) is 0 Å². The third kappa shape index (κ3) is 3.04. The van der Waals surface area contributed by atoms with E-state index in [1.165, 1.54) is 14.2 Å². The minimum absolute atomic E-state index is 0.0903. The van der Waals surface area contributed by atoms with Crippen molar-refractivity contribution in [3.8, 4) is 11.5 Å². The lowest BCUT2D eigenvalue weighted by molar-refractivity contribution is -0.118. The van der Waals surface area contributed by atoms with Crippen molar-refractivity contribution < 1.29 is 14.3 Å². The predicted molar refractivity (Wildman–Crippen MR) is 95.5 cm³/mol. The molecule has 1 N–H and O–H groups in total. The number of amides is 1. The summed E-state index contributed by atoms with van der Waals surface area (Å²) in [5.74, 6) is 0.865. The molecule has 0 spiro atoms. The van der Waals surface area contributed by atoms with Crippen LogP contribution in [0.2, 0.25) is 10.0 Å². The second-order valence-corrected chi connectivity index (χ2v) is 6.58. The van der Waals surface area contributed by atoms with Gasteiger partial charge < -0.3 is 14.8 Å². The van der Waals surface area contributed by atoms with Crippen LogP contribution >= 0.6 is 23.2 Å². The minimum Gasteiger partial charge on any atom is -0.495 e. The van der Waals surface area contributed by atoms with Crippen molar-refractivity contribution in [1.29, 1.82) is 0 Å². The van der Waals surface area contributed by atoms with Crippen LogP contribution in [0.5, 0.6) is 11.5 Å². The summed E-state index contributed by atoms with van der Waals surface area (Å²) >= 11 is 12.2. The molecule has 0 atom stereocenters. The molecule has 4 nitrogen and oxygen atoms in total. The Kier molecular flexibility index (Phi) is 4.61. The highest BCUT2D eigenvalue weighted by Gasteiger charge is 2.51. The number of hydrogen-bond donors (Lipinski definition) is 1. The first-order valence-corrected chi connectivity index (χ1v) is 8.25. The van der Waals surface area contributed by atoms with Gasteiger partial charge in [-0.25, -0.2) is 0 Å². The van der Waals surface area contributed by atoms with Gasteiger partial charge in [-0.1, -0.05) is 35.3 Å². The summed E-state index contributed by atoms with van der Waals surface area (Å²) in [5.41, 5.74) is 0.910. The van der Waals surface area contributed by atoms with E-state index in [-0.39, 0.29) is 5.91 Å². The highest BCUT2D eigenvalue weighted by Crippen LogP contribution is 2.50. The van der Waals surface area contributed by atoms with Gasteiger partial charge in [0.05, 0.1) is 30.3 Å². The summed E-state index contributed by atoms with van der Waals surface area (Å²) in [5, 5.41) is 3.98. The van der Waals surface area contributed by atoms with Crippen LogP contribution in [-0.4, -0.2) is 20.1 Å². The van der Waals surface area contributed by atoms with Crippen molar-refractivity contribution in [2.45, 2.75) is 18.3 Å². The number of carbonyl (C=O) groups excluding carboxylic acids is 1. The maximum absolute atomic E-state index is 12.9. The molecule has 1 fully saturated rings. The topological polar surface area (TPSA) is 47.6 Å². The van der Waals surface area contributed by atoms with Gasteiger partial charge in [-0.2, -0.15) is 0 Å². The zero-order chi connectivity index (χ0) is 17.3. The van der Waals surface area contributed by atoms with Crippen LogP contribution in [0.4, 0.5) is 5.69 Å². The molecule has 0 heterocycles. The van der Waals surface area contributed by atoms with Gasteiger partial charge in [0.2, 0.25) is 5.91 Å². The Morgan fingerprint density at radius 3 is 2.38 bits per heavy atom. The fourth-order valence-corrected chi connectivity index (χ4v) is 3.18. The second kappa shape index (κ2) is 6.54. The SMILES string of the molecule is COc1cc(NC(=O)C2(c3cccc(Cl)c3)CC2)c(OC)cc1Cl. The number of hydrogen-bond acceptors (Lipinski definition) is 3. The molecule has 1 aliphatic carbocycles. The Hall–Kier alpha value is -1.91. The molecule has 0 unspecified atom stereocenters. The van der Waals surface area contributed by atoms with Gasteiger partial charge in [-0.05, 0) is 30.5 Å². The lowest BCUT2D eigenvalue weighted by Crippen LogP contribution is -2.28. The van der Waals surface area contributed by atoms with Crippen LogP contribution in [0.15, 0.2) is 36.4 Å². The molecule has 24 heavy (non-hydrogen) atoms. The number of carbonyl (C=O) groups is 1. The molecule has 0 bridgehead atoms. The first-order valence-electron chi connectivity index (χ1n) is 7.49. The molecule has 1 aliphatic rings. The smallest absolute Gasteiger partial charge is 0.235 e. The van der Waals surface area contributed by atoms with Crippen LogP contribution in [0, 0.1) is 0 Å². The van der Waals surface area contributed by atoms with Crippen molar-refractivity contribution >= 4 is 34.8 Å². The second-order valence-electron chi connectivity index (χ2n) is 5.73. The first kappa shape index (κ1) is 16.9. The summed E-state index contributed by atoms with van der Waals surface area (Å²) < 4.78 is 10.5. The summed E-state index contributed by atoms with van der Waals surface area (Å²) in [4.78, 5) is 12.9. The number of methoxy groups -OCH3 is 2. The summed E-state index contributed by atoms with van der Waals surface area (Å²) in [6.45, 7) is 0. The predicted octanol–water partition coefficient (Wildman–Crippen LogP) is 4.68. The average Bonchev–Trinajstić information content (AvgIpc) is 3.38. The van der Waals surface area contributed by atoms with Crippen LogP contribution in [0.1, 0.15) is 18.4 Å². The van der Waals surface area contributed by atoms with Crippen molar-refractivity contribution in [2.24, 2.45) is 0 Å².